The van der Waals surface area contributed by atoms with Crippen LogP contribution >= 0.6 is 11.3 Å². The molecule has 158 valence electrons. The monoisotopic (exact) mass is 433 g/mol. The van der Waals surface area contributed by atoms with Crippen LogP contribution in [0.4, 0.5) is 0 Å². The van der Waals surface area contributed by atoms with Gasteiger partial charge in [-0.25, -0.2) is 9.97 Å². The van der Waals surface area contributed by atoms with E-state index in [1.54, 1.807) is 4.68 Å². The molecule has 0 bridgehead atoms. The van der Waals surface area contributed by atoms with E-state index in [-0.39, 0.29) is 11.9 Å². The van der Waals surface area contributed by atoms with Gasteiger partial charge in [-0.1, -0.05) is 0 Å². The summed E-state index contributed by atoms with van der Waals surface area (Å²) in [6.07, 6.45) is 6.20. The summed E-state index contributed by atoms with van der Waals surface area (Å²) >= 11 is 1.50. The maximum Gasteiger partial charge on any atom is 0.264 e. The first-order valence-corrected chi connectivity index (χ1v) is 11.5. The number of aromatic nitrogens is 4. The number of amides is 1. The minimum atomic E-state index is 0.0838. The summed E-state index contributed by atoms with van der Waals surface area (Å²) in [6, 6.07) is 6.43. The lowest BCUT2D eigenvalue weighted by Crippen LogP contribution is -2.46. The van der Waals surface area contributed by atoms with Gasteiger partial charge in [0.2, 0.25) is 0 Å². The average Bonchev–Trinajstić information content (AvgIpc) is 3.40. The van der Waals surface area contributed by atoms with Crippen LogP contribution in [0.25, 0.3) is 32.5 Å². The molecule has 0 N–H and O–H groups in total. The Morgan fingerprint density at radius 3 is 2.94 bits per heavy atom. The molecule has 7 nitrogen and oxygen atoms in total. The molecule has 8 heteroatoms. The van der Waals surface area contributed by atoms with Crippen LogP contribution < -0.4 is 0 Å². The summed E-state index contributed by atoms with van der Waals surface area (Å²) in [6.45, 7) is 3.87. The molecule has 5 heterocycles. The molecule has 1 saturated heterocycles. The highest BCUT2D eigenvalue weighted by molar-refractivity contribution is 7.20. The molecule has 1 atom stereocenters. The number of nitrogens with zero attached hydrogens (tertiary/aromatic N) is 5. The van der Waals surface area contributed by atoms with Gasteiger partial charge in [-0.3, -0.25) is 9.48 Å². The molecule has 1 amide bonds. The van der Waals surface area contributed by atoms with Crippen LogP contribution in [0, 0.1) is 0 Å². The number of ether oxygens (including phenoxy) is 1. The molecular formula is C23H23N5O2S. The average molecular weight is 434 g/mol. The minimum absolute atomic E-state index is 0.0838. The Hall–Kier alpha value is -2.84. The van der Waals surface area contributed by atoms with E-state index in [1.807, 2.05) is 31.3 Å². The Morgan fingerprint density at radius 1 is 1.26 bits per heavy atom. The second kappa shape index (κ2) is 7.10. The normalized spacial score (nSPS) is 19.4. The fraction of sp³-hybridized carbons (Fsp3) is 0.391. The number of carbonyl (C=O) groups excluding carboxylic acids is 1. The van der Waals surface area contributed by atoms with Gasteiger partial charge in [-0.2, -0.15) is 5.10 Å². The number of aryl methyl sites for hydroxylation is 1. The molecule has 2 fully saturated rings. The summed E-state index contributed by atoms with van der Waals surface area (Å²) in [4.78, 5) is 26.3. The molecule has 6 rings (SSSR count). The number of carbonyl (C=O) groups is 1. The number of morpholine rings is 1. The van der Waals surface area contributed by atoms with E-state index in [1.165, 1.54) is 29.7 Å². The van der Waals surface area contributed by atoms with Crippen LogP contribution in [0.15, 0.2) is 30.6 Å². The standard InChI is InChI=1S/C23H23N5O2S/c1-13-12-30-6-5-28(13)23(29)20-9-18-17(14-3-4-14)8-19(25-22(18)31-20)15-7-16-11-27(2)26-21(16)24-10-15/h7-11,13-14H,3-6,12H2,1-2H3/t13-/m0/s1. The van der Waals surface area contributed by atoms with Crippen molar-refractivity contribution in [2.45, 2.75) is 31.7 Å². The number of hydrogen-bond acceptors (Lipinski definition) is 6. The first-order chi connectivity index (χ1) is 15.1. The maximum absolute atomic E-state index is 13.2. The molecule has 4 aromatic heterocycles. The van der Waals surface area contributed by atoms with Crippen LogP contribution in [0.3, 0.4) is 0 Å². The van der Waals surface area contributed by atoms with Crippen molar-refractivity contribution in [2.24, 2.45) is 7.05 Å². The van der Waals surface area contributed by atoms with Crippen molar-refractivity contribution >= 4 is 38.5 Å². The number of rotatable bonds is 3. The zero-order chi connectivity index (χ0) is 21.1. The van der Waals surface area contributed by atoms with Gasteiger partial charge < -0.3 is 9.64 Å². The van der Waals surface area contributed by atoms with Crippen LogP contribution in [-0.2, 0) is 11.8 Å². The number of hydrogen-bond donors (Lipinski definition) is 0. The van der Waals surface area contributed by atoms with Gasteiger partial charge in [0, 0.05) is 42.3 Å². The highest BCUT2D eigenvalue weighted by atomic mass is 32.1. The van der Waals surface area contributed by atoms with Gasteiger partial charge >= 0.3 is 0 Å². The quantitative estimate of drug-likeness (QED) is 0.489. The summed E-state index contributed by atoms with van der Waals surface area (Å²) in [5, 5.41) is 6.48. The van der Waals surface area contributed by atoms with Crippen molar-refractivity contribution in [3.8, 4) is 11.3 Å². The molecule has 1 aliphatic carbocycles. The molecule has 2 aliphatic rings. The van der Waals surface area contributed by atoms with E-state index in [9.17, 15) is 4.79 Å². The second-order valence-electron chi connectivity index (χ2n) is 8.56. The second-order valence-corrected chi connectivity index (χ2v) is 9.59. The molecule has 0 radical (unpaired) electrons. The van der Waals surface area contributed by atoms with Gasteiger partial charge in [0.25, 0.3) is 5.91 Å². The van der Waals surface area contributed by atoms with Gasteiger partial charge in [0.15, 0.2) is 5.65 Å². The molecular weight excluding hydrogens is 410 g/mol. The van der Waals surface area contributed by atoms with E-state index >= 15 is 0 Å². The van der Waals surface area contributed by atoms with E-state index < -0.39 is 0 Å². The summed E-state index contributed by atoms with van der Waals surface area (Å²) in [5.74, 6) is 0.639. The Bertz CT molecular complexity index is 1320. The summed E-state index contributed by atoms with van der Waals surface area (Å²) in [7, 11) is 1.90. The molecule has 0 aromatic carbocycles. The van der Waals surface area contributed by atoms with Crippen LogP contribution in [-0.4, -0.2) is 56.4 Å². The number of fused-ring (bicyclic) bond motifs is 2. The van der Waals surface area contributed by atoms with Crippen molar-refractivity contribution in [1.29, 1.82) is 0 Å². The lowest BCUT2D eigenvalue weighted by molar-refractivity contribution is 0.00387. The van der Waals surface area contributed by atoms with E-state index in [0.717, 1.165) is 37.4 Å². The van der Waals surface area contributed by atoms with Crippen molar-refractivity contribution in [3.05, 3.63) is 41.0 Å². The van der Waals surface area contributed by atoms with Crippen molar-refractivity contribution < 1.29 is 9.53 Å². The first-order valence-electron chi connectivity index (χ1n) is 10.7. The van der Waals surface area contributed by atoms with E-state index in [0.29, 0.717) is 25.7 Å². The largest absolute Gasteiger partial charge is 0.377 e. The highest BCUT2D eigenvalue weighted by Gasteiger charge is 2.30. The van der Waals surface area contributed by atoms with Gasteiger partial charge in [-0.05, 0) is 49.4 Å². The predicted octanol–water partition coefficient (Wildman–Crippen LogP) is 3.98. The third-order valence-electron chi connectivity index (χ3n) is 6.16. The van der Waals surface area contributed by atoms with E-state index in [2.05, 4.69) is 28.3 Å². The number of pyridine rings is 2. The van der Waals surface area contributed by atoms with Crippen molar-refractivity contribution in [3.63, 3.8) is 0 Å². The maximum atomic E-state index is 13.2. The lowest BCUT2D eigenvalue weighted by Gasteiger charge is -2.32. The topological polar surface area (TPSA) is 73.1 Å². The van der Waals surface area contributed by atoms with E-state index in [4.69, 9.17) is 9.72 Å². The van der Waals surface area contributed by atoms with Crippen LogP contribution in [0.1, 0.15) is 40.9 Å². The third kappa shape index (κ3) is 3.30. The Labute approximate surface area is 183 Å². The molecule has 0 spiro atoms. The van der Waals surface area contributed by atoms with Gasteiger partial charge in [0.1, 0.15) is 4.83 Å². The fourth-order valence-corrected chi connectivity index (χ4v) is 5.39. The Kier molecular flexibility index (Phi) is 4.33. The summed E-state index contributed by atoms with van der Waals surface area (Å²) in [5.41, 5.74) is 3.93. The SMILES string of the molecule is C[C@H]1COCCN1C(=O)c1cc2c(C3CC3)cc(-c3cnc4nn(C)cc4c3)nc2s1. The third-order valence-corrected chi connectivity index (χ3v) is 7.18. The molecule has 0 unspecified atom stereocenters. The molecule has 4 aromatic rings. The van der Waals surface area contributed by atoms with Crippen molar-refractivity contribution in [2.75, 3.05) is 19.8 Å². The molecule has 31 heavy (non-hydrogen) atoms. The Morgan fingerprint density at radius 2 is 2.13 bits per heavy atom. The van der Waals surface area contributed by atoms with Crippen LogP contribution in [0.2, 0.25) is 0 Å². The van der Waals surface area contributed by atoms with Crippen molar-refractivity contribution in [1.82, 2.24) is 24.6 Å². The number of thiophene rings is 1. The molecule has 1 saturated carbocycles. The zero-order valence-corrected chi connectivity index (χ0v) is 18.4. The fourth-order valence-electron chi connectivity index (χ4n) is 4.37. The molecule has 1 aliphatic heterocycles. The Balaban J connectivity index is 1.44. The zero-order valence-electron chi connectivity index (χ0n) is 17.5. The smallest absolute Gasteiger partial charge is 0.264 e. The predicted molar refractivity (Wildman–Crippen MR) is 120 cm³/mol. The van der Waals surface area contributed by atoms with Gasteiger partial charge in [-0.15, -0.1) is 11.3 Å². The first kappa shape index (κ1) is 18.9. The minimum Gasteiger partial charge on any atom is -0.377 e. The highest BCUT2D eigenvalue weighted by Crippen LogP contribution is 2.45. The summed E-state index contributed by atoms with van der Waals surface area (Å²) < 4.78 is 7.27. The van der Waals surface area contributed by atoms with Gasteiger partial charge in [0.05, 0.1) is 29.8 Å². The lowest BCUT2D eigenvalue weighted by atomic mass is 10.0. The van der Waals surface area contributed by atoms with Crippen LogP contribution in [0.5, 0.6) is 0 Å².